The molecule has 2 N–H and O–H groups in total. The van der Waals surface area contributed by atoms with Gasteiger partial charge in [-0.1, -0.05) is 12.1 Å². The van der Waals surface area contributed by atoms with Crippen LogP contribution in [0.3, 0.4) is 0 Å². The first-order valence-electron chi connectivity index (χ1n) is 8.48. The molecule has 0 aliphatic carbocycles. The highest BCUT2D eigenvalue weighted by Crippen LogP contribution is 2.14. The zero-order chi connectivity index (χ0) is 17.5. The highest BCUT2D eigenvalue weighted by molar-refractivity contribution is 5.78. The van der Waals surface area contributed by atoms with E-state index < -0.39 is 0 Å². The Hall–Kier alpha value is -2.24. The fraction of sp³-hybridized carbons (Fsp3) is 0.556. The lowest BCUT2D eigenvalue weighted by molar-refractivity contribution is -0.134. The molecule has 0 bridgehead atoms. The van der Waals surface area contributed by atoms with Gasteiger partial charge in [0.2, 0.25) is 0 Å². The minimum Gasteiger partial charge on any atom is -0.484 e. The van der Waals surface area contributed by atoms with Crippen LogP contribution < -0.4 is 15.4 Å². The Balaban J connectivity index is 1.71. The van der Waals surface area contributed by atoms with Crippen LogP contribution in [0.4, 0.5) is 4.79 Å². The summed E-state index contributed by atoms with van der Waals surface area (Å²) >= 11 is 0. The second-order valence-corrected chi connectivity index (χ2v) is 6.53. The van der Waals surface area contributed by atoms with Crippen LogP contribution in [0, 0.1) is 6.92 Å². The molecule has 0 spiro atoms. The van der Waals surface area contributed by atoms with Crippen molar-refractivity contribution < 1.29 is 14.3 Å². The van der Waals surface area contributed by atoms with Crippen molar-refractivity contribution in [1.82, 2.24) is 15.5 Å². The van der Waals surface area contributed by atoms with Gasteiger partial charge in [0.25, 0.3) is 5.91 Å². The maximum absolute atomic E-state index is 12.2. The van der Waals surface area contributed by atoms with Crippen LogP contribution >= 0.6 is 0 Å². The van der Waals surface area contributed by atoms with Gasteiger partial charge in [0.15, 0.2) is 6.61 Å². The summed E-state index contributed by atoms with van der Waals surface area (Å²) in [6.45, 7) is 7.17. The van der Waals surface area contributed by atoms with Crippen LogP contribution in [0.2, 0.25) is 0 Å². The molecule has 6 nitrogen and oxygen atoms in total. The van der Waals surface area contributed by atoms with Gasteiger partial charge in [-0.25, -0.2) is 4.79 Å². The highest BCUT2D eigenvalue weighted by Gasteiger charge is 2.24. The molecule has 1 aliphatic heterocycles. The first-order chi connectivity index (χ1) is 11.4. The Labute approximate surface area is 143 Å². The van der Waals surface area contributed by atoms with E-state index in [9.17, 15) is 9.59 Å². The van der Waals surface area contributed by atoms with Gasteiger partial charge in [-0.2, -0.15) is 0 Å². The topological polar surface area (TPSA) is 70.7 Å². The van der Waals surface area contributed by atoms with Gasteiger partial charge >= 0.3 is 6.03 Å². The molecular formula is C18H27N3O3. The number of likely N-dealkylation sites (tertiary alicyclic amines) is 1. The van der Waals surface area contributed by atoms with Crippen molar-refractivity contribution in [3.63, 3.8) is 0 Å². The molecule has 2 rings (SSSR count). The Morgan fingerprint density at radius 1 is 1.29 bits per heavy atom. The molecule has 0 atom stereocenters. The molecule has 0 unspecified atom stereocenters. The third-order valence-electron chi connectivity index (χ3n) is 3.95. The molecule has 1 saturated heterocycles. The zero-order valence-corrected chi connectivity index (χ0v) is 14.7. The normalized spacial score (nSPS) is 15.2. The number of rotatable bonds is 5. The molecule has 3 amide bonds. The number of benzene rings is 1. The van der Waals surface area contributed by atoms with Crippen molar-refractivity contribution >= 4 is 11.9 Å². The molecule has 1 aliphatic rings. The van der Waals surface area contributed by atoms with E-state index in [1.165, 1.54) is 0 Å². The van der Waals surface area contributed by atoms with Gasteiger partial charge in [0.1, 0.15) is 5.75 Å². The fourth-order valence-electron chi connectivity index (χ4n) is 2.70. The number of aryl methyl sites for hydroxylation is 1. The number of hydrogen-bond donors (Lipinski definition) is 2. The van der Waals surface area contributed by atoms with Crippen LogP contribution in [0.1, 0.15) is 32.3 Å². The van der Waals surface area contributed by atoms with E-state index in [0.29, 0.717) is 18.8 Å². The standard InChI is InChI=1S/C18H27N3O3/c1-13(2)19-18(23)20-15-7-9-21(10-8-15)17(22)12-24-16-6-4-5-14(3)11-16/h4-6,11,13,15H,7-10,12H2,1-3H3,(H2,19,20,23). The molecule has 0 aromatic heterocycles. The van der Waals surface area contributed by atoms with E-state index in [0.717, 1.165) is 18.4 Å². The Kier molecular flexibility index (Phi) is 6.46. The van der Waals surface area contributed by atoms with Gasteiger partial charge in [-0.3, -0.25) is 4.79 Å². The van der Waals surface area contributed by atoms with E-state index >= 15 is 0 Å². The van der Waals surface area contributed by atoms with Gasteiger partial charge in [-0.15, -0.1) is 0 Å². The number of hydrogen-bond acceptors (Lipinski definition) is 3. The summed E-state index contributed by atoms with van der Waals surface area (Å²) in [5, 5.41) is 5.77. The number of carbonyl (C=O) groups is 2. The maximum atomic E-state index is 12.2. The van der Waals surface area contributed by atoms with Crippen LogP contribution in [0.5, 0.6) is 5.75 Å². The third-order valence-corrected chi connectivity index (χ3v) is 3.95. The number of amides is 3. The molecule has 1 fully saturated rings. The number of urea groups is 1. The average molecular weight is 333 g/mol. The number of carbonyl (C=O) groups excluding carboxylic acids is 2. The second-order valence-electron chi connectivity index (χ2n) is 6.53. The Bertz CT molecular complexity index is 566. The smallest absolute Gasteiger partial charge is 0.315 e. The van der Waals surface area contributed by atoms with E-state index in [-0.39, 0.29) is 30.6 Å². The summed E-state index contributed by atoms with van der Waals surface area (Å²) < 4.78 is 5.57. The number of nitrogens with one attached hydrogen (secondary N) is 2. The van der Waals surface area contributed by atoms with E-state index in [4.69, 9.17) is 4.74 Å². The zero-order valence-electron chi connectivity index (χ0n) is 14.7. The van der Waals surface area contributed by atoms with E-state index in [2.05, 4.69) is 10.6 Å². The minimum absolute atomic E-state index is 0.0124. The molecule has 132 valence electrons. The van der Waals surface area contributed by atoms with Crippen molar-refractivity contribution in [3.05, 3.63) is 29.8 Å². The summed E-state index contributed by atoms with van der Waals surface area (Å²) in [7, 11) is 0. The van der Waals surface area contributed by atoms with Crippen molar-refractivity contribution in [2.45, 2.75) is 45.7 Å². The molecule has 6 heteroatoms. The van der Waals surface area contributed by atoms with E-state index in [1.54, 1.807) is 4.90 Å². The van der Waals surface area contributed by atoms with Crippen LogP contribution in [0.25, 0.3) is 0 Å². The van der Waals surface area contributed by atoms with Crippen molar-refractivity contribution in [1.29, 1.82) is 0 Å². The molecule has 0 radical (unpaired) electrons. The predicted octanol–water partition coefficient (Wildman–Crippen LogP) is 2.07. The third kappa shape index (κ3) is 5.76. The quantitative estimate of drug-likeness (QED) is 0.866. The predicted molar refractivity (Wildman–Crippen MR) is 93.1 cm³/mol. The number of piperidine rings is 1. The Morgan fingerprint density at radius 3 is 2.62 bits per heavy atom. The largest absolute Gasteiger partial charge is 0.484 e. The molecule has 0 saturated carbocycles. The second kappa shape index (κ2) is 8.57. The summed E-state index contributed by atoms with van der Waals surface area (Å²) in [5.41, 5.74) is 1.10. The molecule has 1 aromatic rings. The average Bonchev–Trinajstić information content (AvgIpc) is 2.52. The number of ether oxygens (including phenoxy) is 1. The fourth-order valence-corrected chi connectivity index (χ4v) is 2.70. The molecule has 24 heavy (non-hydrogen) atoms. The Morgan fingerprint density at radius 2 is 2.00 bits per heavy atom. The lowest BCUT2D eigenvalue weighted by atomic mass is 10.1. The van der Waals surface area contributed by atoms with E-state index in [1.807, 2.05) is 45.0 Å². The summed E-state index contributed by atoms with van der Waals surface area (Å²) in [6.07, 6.45) is 1.53. The van der Waals surface area contributed by atoms with Gasteiger partial charge in [-0.05, 0) is 51.3 Å². The monoisotopic (exact) mass is 333 g/mol. The SMILES string of the molecule is Cc1cccc(OCC(=O)N2CCC(NC(=O)NC(C)C)CC2)c1. The van der Waals surface area contributed by atoms with Crippen LogP contribution in [-0.4, -0.2) is 48.6 Å². The first-order valence-corrected chi connectivity index (χ1v) is 8.48. The summed E-state index contributed by atoms with van der Waals surface area (Å²) in [5.74, 6) is 0.701. The van der Waals surface area contributed by atoms with Gasteiger partial charge in [0, 0.05) is 25.2 Å². The maximum Gasteiger partial charge on any atom is 0.315 e. The van der Waals surface area contributed by atoms with Crippen LogP contribution in [0.15, 0.2) is 24.3 Å². The van der Waals surface area contributed by atoms with Crippen molar-refractivity contribution in [2.24, 2.45) is 0 Å². The molecular weight excluding hydrogens is 306 g/mol. The van der Waals surface area contributed by atoms with Gasteiger partial charge in [0.05, 0.1) is 0 Å². The lowest BCUT2D eigenvalue weighted by Crippen LogP contribution is -2.50. The molecule has 1 aromatic carbocycles. The molecule has 1 heterocycles. The minimum atomic E-state index is -0.141. The summed E-state index contributed by atoms with van der Waals surface area (Å²) in [6, 6.07) is 7.75. The van der Waals surface area contributed by atoms with Crippen LogP contribution in [-0.2, 0) is 4.79 Å². The first kappa shape index (κ1) is 18.1. The van der Waals surface area contributed by atoms with Crippen molar-refractivity contribution in [3.8, 4) is 5.75 Å². The lowest BCUT2D eigenvalue weighted by Gasteiger charge is -2.32. The number of nitrogens with zero attached hydrogens (tertiary/aromatic N) is 1. The highest BCUT2D eigenvalue weighted by atomic mass is 16.5. The summed E-state index contributed by atoms with van der Waals surface area (Å²) in [4.78, 5) is 25.7. The van der Waals surface area contributed by atoms with Crippen molar-refractivity contribution in [2.75, 3.05) is 19.7 Å². The van der Waals surface area contributed by atoms with Gasteiger partial charge < -0.3 is 20.3 Å².